The molecule has 0 radical (unpaired) electrons. The SMILES string of the molecule is O=C(O)CCCCCNc1ccc(Cl)c(Cl)c1. The second-order valence-corrected chi connectivity index (χ2v) is 4.57. The molecule has 1 rings (SSSR count). The highest BCUT2D eigenvalue weighted by atomic mass is 35.5. The minimum absolute atomic E-state index is 0.243. The van der Waals surface area contributed by atoms with Crippen LogP contribution in [0.25, 0.3) is 0 Å². The van der Waals surface area contributed by atoms with Gasteiger partial charge in [-0.05, 0) is 31.0 Å². The lowest BCUT2D eigenvalue weighted by atomic mass is 10.2. The molecule has 0 heterocycles. The van der Waals surface area contributed by atoms with E-state index in [1.165, 1.54) is 0 Å². The highest BCUT2D eigenvalue weighted by Crippen LogP contribution is 2.24. The molecule has 1 aromatic carbocycles. The van der Waals surface area contributed by atoms with Crippen molar-refractivity contribution in [1.82, 2.24) is 0 Å². The van der Waals surface area contributed by atoms with Gasteiger partial charge in [0, 0.05) is 18.7 Å². The van der Waals surface area contributed by atoms with Gasteiger partial charge in [0.05, 0.1) is 10.0 Å². The van der Waals surface area contributed by atoms with E-state index >= 15 is 0 Å². The molecule has 0 bridgehead atoms. The van der Waals surface area contributed by atoms with Crippen molar-refractivity contribution in [2.75, 3.05) is 11.9 Å². The predicted molar refractivity (Wildman–Crippen MR) is 71.1 cm³/mol. The van der Waals surface area contributed by atoms with Crippen LogP contribution in [0.15, 0.2) is 18.2 Å². The summed E-state index contributed by atoms with van der Waals surface area (Å²) in [5, 5.41) is 12.7. The van der Waals surface area contributed by atoms with Crippen LogP contribution in [0.3, 0.4) is 0 Å². The van der Waals surface area contributed by atoms with Gasteiger partial charge in [0.1, 0.15) is 0 Å². The second-order valence-electron chi connectivity index (χ2n) is 3.76. The number of aliphatic carboxylic acids is 1. The summed E-state index contributed by atoms with van der Waals surface area (Å²) in [6.07, 6.45) is 2.80. The van der Waals surface area contributed by atoms with Crippen molar-refractivity contribution >= 4 is 34.9 Å². The van der Waals surface area contributed by atoms with Crippen molar-refractivity contribution < 1.29 is 9.90 Å². The molecule has 0 atom stereocenters. The maximum absolute atomic E-state index is 10.3. The van der Waals surface area contributed by atoms with Gasteiger partial charge >= 0.3 is 5.97 Å². The molecule has 0 spiro atoms. The summed E-state index contributed by atoms with van der Waals surface area (Å²) >= 11 is 11.7. The van der Waals surface area contributed by atoms with Gasteiger partial charge in [-0.1, -0.05) is 29.6 Å². The van der Waals surface area contributed by atoms with Crippen LogP contribution in [0.2, 0.25) is 10.0 Å². The van der Waals surface area contributed by atoms with Crippen LogP contribution in [-0.2, 0) is 4.79 Å². The molecule has 94 valence electrons. The van der Waals surface area contributed by atoms with Crippen molar-refractivity contribution in [1.29, 1.82) is 0 Å². The van der Waals surface area contributed by atoms with Crippen molar-refractivity contribution in [3.63, 3.8) is 0 Å². The number of carboxylic acids is 1. The fourth-order valence-corrected chi connectivity index (χ4v) is 1.71. The lowest BCUT2D eigenvalue weighted by Gasteiger charge is -2.06. The topological polar surface area (TPSA) is 49.3 Å². The quantitative estimate of drug-likeness (QED) is 0.738. The number of rotatable bonds is 7. The average molecular weight is 276 g/mol. The van der Waals surface area contributed by atoms with E-state index in [1.54, 1.807) is 12.1 Å². The number of nitrogens with one attached hydrogen (secondary N) is 1. The van der Waals surface area contributed by atoms with Gasteiger partial charge in [0.2, 0.25) is 0 Å². The number of unbranched alkanes of at least 4 members (excludes halogenated alkanes) is 2. The van der Waals surface area contributed by atoms with Gasteiger partial charge < -0.3 is 10.4 Å². The maximum atomic E-state index is 10.3. The Kier molecular flexibility index (Phi) is 6.16. The van der Waals surface area contributed by atoms with Crippen molar-refractivity contribution in [3.8, 4) is 0 Å². The number of benzene rings is 1. The van der Waals surface area contributed by atoms with Crippen LogP contribution in [-0.4, -0.2) is 17.6 Å². The first-order chi connectivity index (χ1) is 8.09. The summed E-state index contributed by atoms with van der Waals surface area (Å²) in [6, 6.07) is 5.39. The first-order valence-corrected chi connectivity index (χ1v) is 6.26. The fourth-order valence-electron chi connectivity index (χ4n) is 1.42. The standard InChI is InChI=1S/C12H15Cl2NO2/c13-10-6-5-9(8-11(10)14)15-7-3-1-2-4-12(16)17/h5-6,8,15H,1-4,7H2,(H,16,17). The zero-order valence-corrected chi connectivity index (χ0v) is 10.9. The van der Waals surface area contributed by atoms with Crippen molar-refractivity contribution in [2.24, 2.45) is 0 Å². The van der Waals surface area contributed by atoms with Crippen LogP contribution < -0.4 is 5.32 Å². The van der Waals surface area contributed by atoms with E-state index in [4.69, 9.17) is 28.3 Å². The lowest BCUT2D eigenvalue weighted by molar-refractivity contribution is -0.137. The van der Waals surface area contributed by atoms with Crippen LogP contribution in [0, 0.1) is 0 Å². The van der Waals surface area contributed by atoms with Crippen LogP contribution in [0.1, 0.15) is 25.7 Å². The maximum Gasteiger partial charge on any atom is 0.303 e. The molecule has 0 aliphatic rings. The number of hydrogen-bond acceptors (Lipinski definition) is 2. The highest BCUT2D eigenvalue weighted by Gasteiger charge is 1.99. The molecule has 0 aliphatic carbocycles. The summed E-state index contributed by atoms with van der Waals surface area (Å²) in [4.78, 5) is 10.3. The molecule has 0 aliphatic heterocycles. The molecular weight excluding hydrogens is 261 g/mol. The molecular formula is C12H15Cl2NO2. The molecule has 1 aromatic rings. The largest absolute Gasteiger partial charge is 0.481 e. The molecule has 5 heteroatoms. The van der Waals surface area contributed by atoms with E-state index < -0.39 is 5.97 Å². The number of carboxylic acid groups (broad SMARTS) is 1. The molecule has 0 saturated heterocycles. The molecule has 2 N–H and O–H groups in total. The Morgan fingerprint density at radius 3 is 2.59 bits per heavy atom. The molecule has 0 amide bonds. The normalized spacial score (nSPS) is 10.2. The van der Waals surface area contributed by atoms with Gasteiger partial charge in [-0.15, -0.1) is 0 Å². The Morgan fingerprint density at radius 1 is 1.18 bits per heavy atom. The molecule has 0 aromatic heterocycles. The smallest absolute Gasteiger partial charge is 0.303 e. The third kappa shape index (κ3) is 5.80. The van der Waals surface area contributed by atoms with E-state index in [9.17, 15) is 4.79 Å². The number of carbonyl (C=O) groups is 1. The average Bonchev–Trinajstić information content (AvgIpc) is 2.27. The zero-order chi connectivity index (χ0) is 12.7. The van der Waals surface area contributed by atoms with Gasteiger partial charge in [0.15, 0.2) is 0 Å². The Balaban J connectivity index is 2.18. The molecule has 3 nitrogen and oxygen atoms in total. The van der Waals surface area contributed by atoms with Gasteiger partial charge in [0.25, 0.3) is 0 Å². The van der Waals surface area contributed by atoms with Gasteiger partial charge in [-0.25, -0.2) is 0 Å². The molecule has 17 heavy (non-hydrogen) atoms. The lowest BCUT2D eigenvalue weighted by Crippen LogP contribution is -2.02. The Bertz CT molecular complexity index is 383. The van der Waals surface area contributed by atoms with Gasteiger partial charge in [-0.2, -0.15) is 0 Å². The fraction of sp³-hybridized carbons (Fsp3) is 0.417. The molecule has 0 fully saturated rings. The van der Waals surface area contributed by atoms with Crippen molar-refractivity contribution in [3.05, 3.63) is 28.2 Å². The zero-order valence-electron chi connectivity index (χ0n) is 9.38. The van der Waals surface area contributed by atoms with E-state index in [0.717, 1.165) is 31.5 Å². The van der Waals surface area contributed by atoms with E-state index in [1.807, 2.05) is 6.07 Å². The Morgan fingerprint density at radius 2 is 1.94 bits per heavy atom. The third-order valence-electron chi connectivity index (χ3n) is 2.32. The monoisotopic (exact) mass is 275 g/mol. The highest BCUT2D eigenvalue weighted by molar-refractivity contribution is 6.42. The number of anilines is 1. The minimum atomic E-state index is -0.734. The summed E-state index contributed by atoms with van der Waals surface area (Å²) < 4.78 is 0. The van der Waals surface area contributed by atoms with Crippen LogP contribution in [0.4, 0.5) is 5.69 Å². The first kappa shape index (κ1) is 14.1. The van der Waals surface area contributed by atoms with E-state index in [2.05, 4.69) is 5.32 Å². The van der Waals surface area contributed by atoms with Gasteiger partial charge in [-0.3, -0.25) is 4.79 Å². The van der Waals surface area contributed by atoms with Crippen LogP contribution >= 0.6 is 23.2 Å². The summed E-state index contributed by atoms with van der Waals surface area (Å²) in [5.74, 6) is -0.734. The third-order valence-corrected chi connectivity index (χ3v) is 3.06. The van der Waals surface area contributed by atoms with E-state index in [-0.39, 0.29) is 6.42 Å². The molecule has 0 saturated carbocycles. The predicted octanol–water partition coefficient (Wildman–Crippen LogP) is 4.05. The molecule has 0 unspecified atom stereocenters. The summed E-state index contributed by atoms with van der Waals surface area (Å²) in [6.45, 7) is 0.803. The first-order valence-electron chi connectivity index (χ1n) is 5.50. The Hall–Kier alpha value is -0.930. The minimum Gasteiger partial charge on any atom is -0.481 e. The van der Waals surface area contributed by atoms with E-state index in [0.29, 0.717) is 10.0 Å². The summed E-state index contributed by atoms with van der Waals surface area (Å²) in [7, 11) is 0. The van der Waals surface area contributed by atoms with Crippen molar-refractivity contribution in [2.45, 2.75) is 25.7 Å². The van der Waals surface area contributed by atoms with Crippen LogP contribution in [0.5, 0.6) is 0 Å². The summed E-state index contributed by atoms with van der Waals surface area (Å²) in [5.41, 5.74) is 0.928. The second kappa shape index (κ2) is 7.41. The Labute approximate surface area is 111 Å². The number of halogens is 2. The number of hydrogen-bond donors (Lipinski definition) is 2.